The Labute approximate surface area is 105 Å². The Morgan fingerprint density at radius 1 is 1.33 bits per heavy atom. The van der Waals surface area contributed by atoms with Gasteiger partial charge in [0.1, 0.15) is 5.82 Å². The molecule has 0 unspecified atom stereocenters. The predicted molar refractivity (Wildman–Crippen MR) is 69.1 cm³/mol. The number of aromatic nitrogens is 1. The molecule has 5 N–H and O–H groups in total. The number of anilines is 2. The second-order valence-corrected chi connectivity index (χ2v) is 3.59. The summed E-state index contributed by atoms with van der Waals surface area (Å²) in [6.45, 7) is 2.52. The standard InChI is InChI=1S/C11H17N5O2/c1-8(17)13-4-5-14-10-3-2-9(7-15-10)16-11(18)6-12/h2-3,7H,4-6,12H2,1H3,(H,13,17)(H,14,15)(H,16,18). The molecule has 2 amide bonds. The van der Waals surface area contributed by atoms with Crippen molar-refractivity contribution in [2.24, 2.45) is 5.73 Å². The molecule has 0 aliphatic heterocycles. The van der Waals surface area contributed by atoms with Crippen LogP contribution in [0.15, 0.2) is 18.3 Å². The summed E-state index contributed by atoms with van der Waals surface area (Å²) in [7, 11) is 0. The first-order valence-electron chi connectivity index (χ1n) is 5.56. The Hall–Kier alpha value is -2.15. The largest absolute Gasteiger partial charge is 0.368 e. The zero-order valence-electron chi connectivity index (χ0n) is 10.2. The molecule has 0 aromatic carbocycles. The van der Waals surface area contributed by atoms with Crippen LogP contribution in [-0.2, 0) is 9.59 Å². The summed E-state index contributed by atoms with van der Waals surface area (Å²) in [5.41, 5.74) is 5.77. The molecule has 18 heavy (non-hydrogen) atoms. The van der Waals surface area contributed by atoms with Gasteiger partial charge >= 0.3 is 0 Å². The summed E-state index contributed by atoms with van der Waals surface area (Å²) >= 11 is 0. The van der Waals surface area contributed by atoms with E-state index in [2.05, 4.69) is 20.9 Å². The van der Waals surface area contributed by atoms with Crippen molar-refractivity contribution in [3.63, 3.8) is 0 Å². The van der Waals surface area contributed by atoms with E-state index in [0.29, 0.717) is 24.6 Å². The summed E-state index contributed by atoms with van der Waals surface area (Å²) in [5, 5.41) is 8.28. The van der Waals surface area contributed by atoms with Gasteiger partial charge in [-0.1, -0.05) is 0 Å². The molecule has 0 spiro atoms. The first-order valence-corrected chi connectivity index (χ1v) is 5.56. The van der Waals surface area contributed by atoms with Gasteiger partial charge in [0, 0.05) is 20.0 Å². The van der Waals surface area contributed by atoms with Crippen LogP contribution in [0.25, 0.3) is 0 Å². The van der Waals surface area contributed by atoms with E-state index in [4.69, 9.17) is 5.73 Å². The minimum Gasteiger partial charge on any atom is -0.368 e. The Kier molecular flexibility index (Phi) is 5.59. The number of nitrogens with zero attached hydrogens (tertiary/aromatic N) is 1. The Morgan fingerprint density at radius 2 is 2.11 bits per heavy atom. The van der Waals surface area contributed by atoms with E-state index in [0.717, 1.165) is 0 Å². The van der Waals surface area contributed by atoms with Crippen molar-refractivity contribution in [3.05, 3.63) is 18.3 Å². The maximum atomic E-state index is 11.0. The van der Waals surface area contributed by atoms with E-state index in [1.807, 2.05) is 0 Å². The van der Waals surface area contributed by atoms with Crippen LogP contribution in [0, 0.1) is 0 Å². The second kappa shape index (κ2) is 7.23. The summed E-state index contributed by atoms with van der Waals surface area (Å²) in [6.07, 6.45) is 1.54. The molecule has 0 saturated carbocycles. The molecule has 0 fully saturated rings. The van der Waals surface area contributed by atoms with Crippen LogP contribution < -0.4 is 21.7 Å². The molecule has 7 heteroatoms. The number of amides is 2. The minimum atomic E-state index is -0.261. The molecule has 1 aromatic heterocycles. The van der Waals surface area contributed by atoms with Gasteiger partial charge in [-0.05, 0) is 12.1 Å². The molecule has 1 heterocycles. The highest BCUT2D eigenvalue weighted by atomic mass is 16.2. The normalized spacial score (nSPS) is 9.67. The van der Waals surface area contributed by atoms with E-state index in [1.54, 1.807) is 12.1 Å². The van der Waals surface area contributed by atoms with Crippen molar-refractivity contribution in [1.82, 2.24) is 10.3 Å². The third-order valence-electron chi connectivity index (χ3n) is 2.04. The van der Waals surface area contributed by atoms with E-state index in [9.17, 15) is 9.59 Å². The summed E-state index contributed by atoms with van der Waals surface area (Å²) in [4.78, 5) is 25.8. The number of pyridine rings is 1. The maximum Gasteiger partial charge on any atom is 0.238 e. The van der Waals surface area contributed by atoms with Gasteiger partial charge in [-0.25, -0.2) is 4.98 Å². The highest BCUT2D eigenvalue weighted by molar-refractivity contribution is 5.91. The molecular formula is C11H17N5O2. The maximum absolute atomic E-state index is 11.0. The summed E-state index contributed by atoms with van der Waals surface area (Å²) < 4.78 is 0. The van der Waals surface area contributed by atoms with Crippen LogP contribution in [0.5, 0.6) is 0 Å². The lowest BCUT2D eigenvalue weighted by molar-refractivity contribution is -0.119. The lowest BCUT2D eigenvalue weighted by Gasteiger charge is -2.07. The molecule has 1 aromatic rings. The Bertz CT molecular complexity index is 404. The Morgan fingerprint density at radius 3 is 2.67 bits per heavy atom. The fourth-order valence-corrected chi connectivity index (χ4v) is 1.21. The first-order chi connectivity index (χ1) is 8.61. The van der Waals surface area contributed by atoms with Crippen LogP contribution in [0.2, 0.25) is 0 Å². The smallest absolute Gasteiger partial charge is 0.238 e. The van der Waals surface area contributed by atoms with E-state index in [1.165, 1.54) is 13.1 Å². The van der Waals surface area contributed by atoms with Crippen molar-refractivity contribution in [2.75, 3.05) is 30.3 Å². The number of carbonyl (C=O) groups is 2. The molecule has 0 saturated heterocycles. The highest BCUT2D eigenvalue weighted by Gasteiger charge is 1.99. The summed E-state index contributed by atoms with van der Waals surface area (Å²) in [5.74, 6) is 0.346. The predicted octanol–water partition coefficient (Wildman–Crippen LogP) is -0.473. The molecule has 0 aliphatic rings. The molecule has 0 radical (unpaired) electrons. The highest BCUT2D eigenvalue weighted by Crippen LogP contribution is 2.08. The Balaban J connectivity index is 2.36. The average molecular weight is 251 g/mol. The molecular weight excluding hydrogens is 234 g/mol. The van der Waals surface area contributed by atoms with Crippen LogP contribution >= 0.6 is 0 Å². The lowest BCUT2D eigenvalue weighted by atomic mass is 10.4. The minimum absolute atomic E-state index is 0.0588. The van der Waals surface area contributed by atoms with Crippen molar-refractivity contribution >= 4 is 23.3 Å². The fourth-order valence-electron chi connectivity index (χ4n) is 1.21. The number of hydrogen-bond acceptors (Lipinski definition) is 5. The van der Waals surface area contributed by atoms with Crippen LogP contribution in [0.3, 0.4) is 0 Å². The van der Waals surface area contributed by atoms with Gasteiger partial charge in [-0.15, -0.1) is 0 Å². The van der Waals surface area contributed by atoms with Crippen molar-refractivity contribution < 1.29 is 9.59 Å². The van der Waals surface area contributed by atoms with Crippen molar-refractivity contribution in [3.8, 4) is 0 Å². The zero-order chi connectivity index (χ0) is 13.4. The quantitative estimate of drug-likeness (QED) is 0.511. The number of hydrogen-bond donors (Lipinski definition) is 4. The van der Waals surface area contributed by atoms with Gasteiger partial charge in [0.15, 0.2) is 0 Å². The van der Waals surface area contributed by atoms with Gasteiger partial charge in [0.25, 0.3) is 0 Å². The lowest BCUT2D eigenvalue weighted by Crippen LogP contribution is -2.26. The number of carbonyl (C=O) groups excluding carboxylic acids is 2. The van der Waals surface area contributed by atoms with Crippen LogP contribution in [0.4, 0.5) is 11.5 Å². The third-order valence-corrected chi connectivity index (χ3v) is 2.04. The van der Waals surface area contributed by atoms with E-state index in [-0.39, 0.29) is 18.4 Å². The third kappa shape index (κ3) is 5.26. The zero-order valence-corrected chi connectivity index (χ0v) is 10.2. The molecule has 7 nitrogen and oxygen atoms in total. The average Bonchev–Trinajstić information content (AvgIpc) is 2.36. The van der Waals surface area contributed by atoms with Crippen molar-refractivity contribution in [2.45, 2.75) is 6.92 Å². The second-order valence-electron chi connectivity index (χ2n) is 3.59. The molecule has 0 bridgehead atoms. The first kappa shape index (κ1) is 13.9. The van der Waals surface area contributed by atoms with E-state index >= 15 is 0 Å². The van der Waals surface area contributed by atoms with Crippen LogP contribution in [0.1, 0.15) is 6.92 Å². The van der Waals surface area contributed by atoms with Gasteiger partial charge in [-0.2, -0.15) is 0 Å². The molecule has 98 valence electrons. The number of nitrogens with one attached hydrogen (secondary N) is 3. The van der Waals surface area contributed by atoms with Gasteiger partial charge in [0.05, 0.1) is 18.4 Å². The number of rotatable bonds is 6. The monoisotopic (exact) mass is 251 g/mol. The molecule has 0 aliphatic carbocycles. The molecule has 1 rings (SSSR count). The van der Waals surface area contributed by atoms with Gasteiger partial charge in [0.2, 0.25) is 11.8 Å². The van der Waals surface area contributed by atoms with E-state index < -0.39 is 0 Å². The molecule has 0 atom stereocenters. The van der Waals surface area contributed by atoms with Gasteiger partial charge < -0.3 is 21.7 Å². The SMILES string of the molecule is CC(=O)NCCNc1ccc(NC(=O)CN)cn1. The summed E-state index contributed by atoms with van der Waals surface area (Å²) in [6, 6.07) is 3.46. The fraction of sp³-hybridized carbons (Fsp3) is 0.364. The number of nitrogens with two attached hydrogens (primary N) is 1. The van der Waals surface area contributed by atoms with Crippen molar-refractivity contribution in [1.29, 1.82) is 0 Å². The topological polar surface area (TPSA) is 109 Å². The van der Waals surface area contributed by atoms with Gasteiger partial charge in [-0.3, -0.25) is 9.59 Å². The van der Waals surface area contributed by atoms with Crippen LogP contribution in [-0.4, -0.2) is 36.4 Å².